The third kappa shape index (κ3) is 2.79. The van der Waals surface area contributed by atoms with Crippen molar-refractivity contribution >= 4 is 20.7 Å². The molecule has 0 amide bonds. The molecule has 3 nitrogen and oxygen atoms in total. The van der Waals surface area contributed by atoms with Crippen LogP contribution in [0.3, 0.4) is 0 Å². The van der Waals surface area contributed by atoms with Gasteiger partial charge in [0.1, 0.15) is 0 Å². The summed E-state index contributed by atoms with van der Waals surface area (Å²) in [6.07, 6.45) is 2.88. The molecular formula is C12H15NO2S. The predicted molar refractivity (Wildman–Crippen MR) is 66.2 cm³/mol. The van der Waals surface area contributed by atoms with Crippen LogP contribution in [0, 0.1) is 0 Å². The predicted octanol–water partition coefficient (Wildman–Crippen LogP) is 2.66. The molecule has 86 valence electrons. The first-order chi connectivity index (χ1) is 7.57. The van der Waals surface area contributed by atoms with Crippen molar-refractivity contribution in [3.8, 4) is 0 Å². The highest BCUT2D eigenvalue weighted by Gasteiger charge is 2.06. The van der Waals surface area contributed by atoms with Gasteiger partial charge in [-0.3, -0.25) is 4.98 Å². The SMILES string of the molecule is CC.CS(=O)(=O)c1ccc2ncccc2c1. The first-order valence-corrected chi connectivity index (χ1v) is 7.01. The number of pyridine rings is 1. The van der Waals surface area contributed by atoms with E-state index in [1.165, 1.54) is 6.26 Å². The Morgan fingerprint density at radius 2 is 1.81 bits per heavy atom. The van der Waals surface area contributed by atoms with Crippen molar-refractivity contribution in [2.75, 3.05) is 6.26 Å². The lowest BCUT2D eigenvalue weighted by atomic mass is 10.2. The fraction of sp³-hybridized carbons (Fsp3) is 0.250. The molecule has 0 N–H and O–H groups in total. The molecule has 0 spiro atoms. The molecule has 0 aliphatic heterocycles. The Labute approximate surface area is 96.1 Å². The van der Waals surface area contributed by atoms with E-state index in [9.17, 15) is 8.42 Å². The number of nitrogens with zero attached hydrogens (tertiary/aromatic N) is 1. The van der Waals surface area contributed by atoms with Gasteiger partial charge in [0, 0.05) is 17.8 Å². The van der Waals surface area contributed by atoms with Gasteiger partial charge in [-0.05, 0) is 24.3 Å². The van der Waals surface area contributed by atoms with E-state index < -0.39 is 9.84 Å². The summed E-state index contributed by atoms with van der Waals surface area (Å²) in [7, 11) is -3.12. The van der Waals surface area contributed by atoms with Crippen molar-refractivity contribution in [1.29, 1.82) is 0 Å². The van der Waals surface area contributed by atoms with E-state index in [4.69, 9.17) is 0 Å². The smallest absolute Gasteiger partial charge is 0.175 e. The van der Waals surface area contributed by atoms with E-state index in [-0.39, 0.29) is 0 Å². The number of aromatic nitrogens is 1. The van der Waals surface area contributed by atoms with E-state index in [2.05, 4.69) is 4.98 Å². The maximum Gasteiger partial charge on any atom is 0.175 e. The summed E-state index contributed by atoms with van der Waals surface area (Å²) in [5, 5.41) is 0.843. The molecular weight excluding hydrogens is 222 g/mol. The molecule has 4 heteroatoms. The van der Waals surface area contributed by atoms with Crippen LogP contribution in [0.15, 0.2) is 41.4 Å². The Morgan fingerprint density at radius 1 is 1.12 bits per heavy atom. The molecule has 0 saturated carbocycles. The number of benzene rings is 1. The first kappa shape index (κ1) is 12.6. The zero-order valence-corrected chi connectivity index (χ0v) is 10.5. The van der Waals surface area contributed by atoms with Crippen molar-refractivity contribution in [3.05, 3.63) is 36.5 Å². The van der Waals surface area contributed by atoms with Crippen molar-refractivity contribution in [2.24, 2.45) is 0 Å². The Bertz CT molecular complexity index is 576. The number of hydrogen-bond donors (Lipinski definition) is 0. The summed E-state index contributed by atoms with van der Waals surface area (Å²) >= 11 is 0. The molecule has 0 aliphatic rings. The Balaban J connectivity index is 0.000000606. The molecule has 0 bridgehead atoms. The van der Waals surface area contributed by atoms with Crippen LogP contribution in [-0.2, 0) is 9.84 Å². The molecule has 1 heterocycles. The van der Waals surface area contributed by atoms with Crippen LogP contribution >= 0.6 is 0 Å². The van der Waals surface area contributed by atoms with Crippen molar-refractivity contribution in [3.63, 3.8) is 0 Å². The second-order valence-corrected chi connectivity index (χ2v) is 5.15. The van der Waals surface area contributed by atoms with Gasteiger partial charge in [0.05, 0.1) is 10.4 Å². The summed E-state index contributed by atoms with van der Waals surface area (Å²) in [4.78, 5) is 4.44. The van der Waals surface area contributed by atoms with Crippen LogP contribution in [-0.4, -0.2) is 19.7 Å². The Kier molecular flexibility index (Phi) is 4.01. The average molecular weight is 237 g/mol. The maximum atomic E-state index is 11.3. The second kappa shape index (κ2) is 5.07. The summed E-state index contributed by atoms with van der Waals surface area (Å²) < 4.78 is 22.5. The standard InChI is InChI=1S/C10H9NO2S.C2H6/c1-14(12,13)9-4-5-10-8(7-9)3-2-6-11-10;1-2/h2-7H,1H3;1-2H3. The van der Waals surface area contributed by atoms with E-state index in [1.807, 2.05) is 19.9 Å². The lowest BCUT2D eigenvalue weighted by molar-refractivity contribution is 0.602. The third-order valence-electron chi connectivity index (χ3n) is 2.00. The van der Waals surface area contributed by atoms with E-state index >= 15 is 0 Å². The number of rotatable bonds is 1. The molecule has 1 aromatic carbocycles. The molecule has 0 unspecified atom stereocenters. The molecule has 2 rings (SSSR count). The normalized spacial score (nSPS) is 10.7. The highest BCUT2D eigenvalue weighted by atomic mass is 32.2. The summed E-state index contributed by atoms with van der Waals surface area (Å²) in [5.41, 5.74) is 0.805. The van der Waals surface area contributed by atoms with E-state index in [0.29, 0.717) is 4.90 Å². The number of hydrogen-bond acceptors (Lipinski definition) is 3. The summed E-state index contributed by atoms with van der Waals surface area (Å²) in [6.45, 7) is 4.00. The number of fused-ring (bicyclic) bond motifs is 1. The van der Waals surface area contributed by atoms with Crippen LogP contribution in [0.5, 0.6) is 0 Å². The first-order valence-electron chi connectivity index (χ1n) is 5.12. The monoisotopic (exact) mass is 237 g/mol. The fourth-order valence-electron chi connectivity index (χ4n) is 1.28. The highest BCUT2D eigenvalue weighted by molar-refractivity contribution is 7.90. The Morgan fingerprint density at radius 3 is 2.44 bits per heavy atom. The van der Waals surface area contributed by atoms with Gasteiger partial charge in [0.15, 0.2) is 9.84 Å². The Hall–Kier alpha value is -1.42. The van der Waals surface area contributed by atoms with Crippen molar-refractivity contribution in [2.45, 2.75) is 18.7 Å². The quantitative estimate of drug-likeness (QED) is 0.766. The lowest BCUT2D eigenvalue weighted by Gasteiger charge is -2.00. The van der Waals surface area contributed by atoms with Gasteiger partial charge >= 0.3 is 0 Å². The van der Waals surface area contributed by atoms with Crippen LogP contribution in [0.4, 0.5) is 0 Å². The molecule has 0 fully saturated rings. The van der Waals surface area contributed by atoms with E-state index in [1.54, 1.807) is 30.5 Å². The van der Waals surface area contributed by atoms with Gasteiger partial charge < -0.3 is 0 Å². The fourth-order valence-corrected chi connectivity index (χ4v) is 1.94. The minimum atomic E-state index is -3.12. The largest absolute Gasteiger partial charge is 0.256 e. The number of sulfone groups is 1. The zero-order chi connectivity index (χ0) is 12.2. The summed E-state index contributed by atoms with van der Waals surface area (Å²) in [6, 6.07) is 8.56. The second-order valence-electron chi connectivity index (χ2n) is 3.13. The molecule has 0 radical (unpaired) electrons. The van der Waals surface area contributed by atoms with Crippen molar-refractivity contribution in [1.82, 2.24) is 4.98 Å². The maximum absolute atomic E-state index is 11.3. The molecule has 1 aromatic heterocycles. The van der Waals surface area contributed by atoms with Gasteiger partial charge in [0.25, 0.3) is 0 Å². The van der Waals surface area contributed by atoms with Gasteiger partial charge in [-0.2, -0.15) is 0 Å². The van der Waals surface area contributed by atoms with Crippen LogP contribution in [0.2, 0.25) is 0 Å². The zero-order valence-electron chi connectivity index (χ0n) is 9.64. The van der Waals surface area contributed by atoms with Crippen molar-refractivity contribution < 1.29 is 8.42 Å². The molecule has 16 heavy (non-hydrogen) atoms. The lowest BCUT2D eigenvalue weighted by Crippen LogP contribution is -1.96. The highest BCUT2D eigenvalue weighted by Crippen LogP contribution is 2.16. The molecule has 0 atom stereocenters. The van der Waals surface area contributed by atoms with Gasteiger partial charge in [-0.1, -0.05) is 19.9 Å². The van der Waals surface area contributed by atoms with Gasteiger partial charge in [-0.15, -0.1) is 0 Å². The minimum Gasteiger partial charge on any atom is -0.256 e. The van der Waals surface area contributed by atoms with Gasteiger partial charge in [0.2, 0.25) is 0 Å². The molecule has 2 aromatic rings. The molecule has 0 saturated heterocycles. The van der Waals surface area contributed by atoms with Crippen LogP contribution in [0.25, 0.3) is 10.9 Å². The minimum absolute atomic E-state index is 0.331. The average Bonchev–Trinajstić information content (AvgIpc) is 2.30. The van der Waals surface area contributed by atoms with Crippen LogP contribution < -0.4 is 0 Å². The van der Waals surface area contributed by atoms with Gasteiger partial charge in [-0.25, -0.2) is 8.42 Å². The molecule has 0 aliphatic carbocycles. The topological polar surface area (TPSA) is 47.0 Å². The van der Waals surface area contributed by atoms with Crippen LogP contribution in [0.1, 0.15) is 13.8 Å². The van der Waals surface area contributed by atoms with E-state index in [0.717, 1.165) is 10.9 Å². The summed E-state index contributed by atoms with van der Waals surface area (Å²) in [5.74, 6) is 0. The third-order valence-corrected chi connectivity index (χ3v) is 3.11.